The van der Waals surface area contributed by atoms with Crippen molar-refractivity contribution >= 4 is 0 Å². The summed E-state index contributed by atoms with van der Waals surface area (Å²) in [6.45, 7) is 3.42. The van der Waals surface area contributed by atoms with Gasteiger partial charge < -0.3 is 15.1 Å². The highest BCUT2D eigenvalue weighted by molar-refractivity contribution is 5.19. The molecule has 1 heterocycles. The fourth-order valence-corrected chi connectivity index (χ4v) is 2.66. The minimum absolute atomic E-state index is 0.428. The van der Waals surface area contributed by atoms with Crippen LogP contribution in [0.5, 0.6) is 0 Å². The second-order valence-corrected chi connectivity index (χ2v) is 5.64. The molecule has 18 heavy (non-hydrogen) atoms. The lowest BCUT2D eigenvalue weighted by Crippen LogP contribution is -2.39. The Labute approximate surface area is 111 Å². The van der Waals surface area contributed by atoms with Crippen LogP contribution >= 0.6 is 0 Å². The zero-order chi connectivity index (χ0) is 13.0. The average molecular weight is 247 g/mol. The van der Waals surface area contributed by atoms with Crippen LogP contribution in [-0.2, 0) is 0 Å². The van der Waals surface area contributed by atoms with E-state index >= 15 is 0 Å². The lowest BCUT2D eigenvalue weighted by molar-refractivity contribution is 0.314. The van der Waals surface area contributed by atoms with Crippen LogP contribution in [0.2, 0.25) is 0 Å². The monoisotopic (exact) mass is 247 g/mol. The van der Waals surface area contributed by atoms with E-state index in [9.17, 15) is 0 Å². The minimum Gasteiger partial charge on any atom is -0.308 e. The van der Waals surface area contributed by atoms with E-state index in [1.165, 1.54) is 18.5 Å². The minimum atomic E-state index is 0.428. The summed E-state index contributed by atoms with van der Waals surface area (Å²) in [5.74, 6) is 0. The Balaban J connectivity index is 2.01. The first-order chi connectivity index (χ1) is 8.65. The molecule has 0 radical (unpaired) electrons. The topological polar surface area (TPSA) is 18.5 Å². The SMILES string of the molecule is CN(C)CC(NC1CCN(C)C1)c1ccccc1. The summed E-state index contributed by atoms with van der Waals surface area (Å²) in [5.41, 5.74) is 1.39. The van der Waals surface area contributed by atoms with Crippen molar-refractivity contribution in [1.82, 2.24) is 15.1 Å². The molecule has 100 valence electrons. The third-order valence-electron chi connectivity index (χ3n) is 3.58. The van der Waals surface area contributed by atoms with Gasteiger partial charge in [-0.15, -0.1) is 0 Å². The quantitative estimate of drug-likeness (QED) is 0.852. The maximum absolute atomic E-state index is 3.81. The zero-order valence-electron chi connectivity index (χ0n) is 11.8. The van der Waals surface area contributed by atoms with Gasteiger partial charge in [-0.2, -0.15) is 0 Å². The first-order valence-corrected chi connectivity index (χ1v) is 6.79. The van der Waals surface area contributed by atoms with E-state index in [0.717, 1.165) is 13.1 Å². The van der Waals surface area contributed by atoms with Gasteiger partial charge in [0.25, 0.3) is 0 Å². The summed E-state index contributed by atoms with van der Waals surface area (Å²) in [5, 5.41) is 3.81. The Morgan fingerprint density at radius 2 is 2.06 bits per heavy atom. The fourth-order valence-electron chi connectivity index (χ4n) is 2.66. The van der Waals surface area contributed by atoms with Gasteiger partial charge in [-0.3, -0.25) is 0 Å². The molecule has 0 aromatic heterocycles. The smallest absolute Gasteiger partial charge is 0.0451 e. The largest absolute Gasteiger partial charge is 0.308 e. The highest BCUT2D eigenvalue weighted by atomic mass is 15.2. The molecule has 1 fully saturated rings. The van der Waals surface area contributed by atoms with Crippen molar-refractivity contribution in [3.63, 3.8) is 0 Å². The number of hydrogen-bond acceptors (Lipinski definition) is 3. The van der Waals surface area contributed by atoms with Crippen molar-refractivity contribution < 1.29 is 0 Å². The van der Waals surface area contributed by atoms with Crippen LogP contribution in [0.15, 0.2) is 30.3 Å². The normalized spacial score (nSPS) is 22.6. The first kappa shape index (κ1) is 13.5. The predicted octanol–water partition coefficient (Wildman–Crippen LogP) is 1.58. The van der Waals surface area contributed by atoms with Crippen LogP contribution in [0.1, 0.15) is 18.0 Å². The molecule has 2 rings (SSSR count). The Morgan fingerprint density at radius 3 is 2.61 bits per heavy atom. The number of hydrogen-bond donors (Lipinski definition) is 1. The van der Waals surface area contributed by atoms with E-state index in [0.29, 0.717) is 12.1 Å². The van der Waals surface area contributed by atoms with Gasteiger partial charge in [0.05, 0.1) is 0 Å². The van der Waals surface area contributed by atoms with Gasteiger partial charge in [0.1, 0.15) is 0 Å². The average Bonchev–Trinajstić information content (AvgIpc) is 2.75. The van der Waals surface area contributed by atoms with Crippen molar-refractivity contribution in [2.75, 3.05) is 40.8 Å². The summed E-state index contributed by atoms with van der Waals surface area (Å²) in [7, 11) is 6.47. The number of nitrogens with one attached hydrogen (secondary N) is 1. The molecule has 2 atom stereocenters. The van der Waals surface area contributed by atoms with E-state index in [1.807, 2.05) is 0 Å². The van der Waals surface area contributed by atoms with Crippen LogP contribution < -0.4 is 5.32 Å². The van der Waals surface area contributed by atoms with Gasteiger partial charge in [-0.25, -0.2) is 0 Å². The molecule has 3 nitrogen and oxygen atoms in total. The van der Waals surface area contributed by atoms with Crippen molar-refractivity contribution in [2.24, 2.45) is 0 Å². The lowest BCUT2D eigenvalue weighted by atomic mass is 10.1. The Morgan fingerprint density at radius 1 is 1.33 bits per heavy atom. The molecular formula is C15H25N3. The number of likely N-dealkylation sites (N-methyl/N-ethyl adjacent to an activating group) is 2. The Kier molecular flexibility index (Phi) is 4.75. The predicted molar refractivity (Wildman–Crippen MR) is 76.8 cm³/mol. The standard InChI is InChI=1S/C15H25N3/c1-17(2)12-15(13-7-5-4-6-8-13)16-14-9-10-18(3)11-14/h4-8,14-16H,9-12H2,1-3H3. The van der Waals surface area contributed by atoms with Crippen LogP contribution in [0, 0.1) is 0 Å². The molecule has 1 aromatic carbocycles. The third-order valence-corrected chi connectivity index (χ3v) is 3.58. The van der Waals surface area contributed by atoms with Crippen LogP contribution in [-0.4, -0.2) is 56.6 Å². The van der Waals surface area contributed by atoms with E-state index in [1.54, 1.807) is 0 Å². The molecule has 0 spiro atoms. The summed E-state index contributed by atoms with van der Waals surface area (Å²) in [6.07, 6.45) is 1.26. The van der Waals surface area contributed by atoms with Crippen molar-refractivity contribution in [2.45, 2.75) is 18.5 Å². The van der Waals surface area contributed by atoms with Crippen LogP contribution in [0.4, 0.5) is 0 Å². The molecule has 1 aliphatic rings. The Bertz CT molecular complexity index is 350. The Hall–Kier alpha value is -0.900. The number of benzene rings is 1. The van der Waals surface area contributed by atoms with E-state index in [-0.39, 0.29) is 0 Å². The van der Waals surface area contributed by atoms with E-state index < -0.39 is 0 Å². The maximum Gasteiger partial charge on any atom is 0.0451 e. The molecule has 0 aliphatic carbocycles. The van der Waals surface area contributed by atoms with Crippen molar-refractivity contribution in [3.05, 3.63) is 35.9 Å². The molecule has 2 unspecified atom stereocenters. The van der Waals surface area contributed by atoms with Gasteiger partial charge >= 0.3 is 0 Å². The summed E-state index contributed by atoms with van der Waals surface area (Å²) < 4.78 is 0. The maximum atomic E-state index is 3.81. The lowest BCUT2D eigenvalue weighted by Gasteiger charge is -2.26. The van der Waals surface area contributed by atoms with Gasteiger partial charge in [0, 0.05) is 25.2 Å². The molecule has 1 saturated heterocycles. The van der Waals surface area contributed by atoms with Crippen LogP contribution in [0.25, 0.3) is 0 Å². The van der Waals surface area contributed by atoms with E-state index in [4.69, 9.17) is 0 Å². The number of nitrogens with zero attached hydrogens (tertiary/aromatic N) is 2. The molecule has 1 aromatic rings. The highest BCUT2D eigenvalue weighted by Gasteiger charge is 2.23. The van der Waals surface area contributed by atoms with Gasteiger partial charge in [-0.1, -0.05) is 30.3 Å². The van der Waals surface area contributed by atoms with Crippen LogP contribution in [0.3, 0.4) is 0 Å². The van der Waals surface area contributed by atoms with E-state index in [2.05, 4.69) is 66.6 Å². The number of likely N-dealkylation sites (tertiary alicyclic amines) is 1. The number of rotatable bonds is 5. The highest BCUT2D eigenvalue weighted by Crippen LogP contribution is 2.17. The molecule has 1 N–H and O–H groups in total. The van der Waals surface area contributed by atoms with Crippen molar-refractivity contribution in [1.29, 1.82) is 0 Å². The van der Waals surface area contributed by atoms with Crippen molar-refractivity contribution in [3.8, 4) is 0 Å². The summed E-state index contributed by atoms with van der Waals surface area (Å²) in [4.78, 5) is 4.65. The zero-order valence-corrected chi connectivity index (χ0v) is 11.8. The van der Waals surface area contributed by atoms with Gasteiger partial charge in [0.2, 0.25) is 0 Å². The second-order valence-electron chi connectivity index (χ2n) is 5.64. The molecular weight excluding hydrogens is 222 g/mol. The first-order valence-electron chi connectivity index (χ1n) is 6.79. The molecule has 0 saturated carbocycles. The molecule has 0 amide bonds. The van der Waals surface area contributed by atoms with Gasteiger partial charge in [0.15, 0.2) is 0 Å². The third kappa shape index (κ3) is 3.80. The molecule has 0 bridgehead atoms. The fraction of sp³-hybridized carbons (Fsp3) is 0.600. The van der Waals surface area contributed by atoms with Gasteiger partial charge in [-0.05, 0) is 39.7 Å². The second kappa shape index (κ2) is 6.32. The molecule has 1 aliphatic heterocycles. The summed E-state index contributed by atoms with van der Waals surface area (Å²) in [6, 6.07) is 11.8. The summed E-state index contributed by atoms with van der Waals surface area (Å²) >= 11 is 0. The molecule has 3 heteroatoms.